The normalized spacial score (nSPS) is 10.7. The Morgan fingerprint density at radius 1 is 1.26 bits per heavy atom. The molecule has 0 aliphatic carbocycles. The molecule has 1 heterocycles. The molecule has 0 unspecified atom stereocenters. The van der Waals surface area contributed by atoms with Gasteiger partial charge in [0.25, 0.3) is 0 Å². The molecule has 2 aromatic carbocycles. The van der Waals surface area contributed by atoms with Crippen LogP contribution in [0.5, 0.6) is 0 Å². The molecule has 0 atom stereocenters. The van der Waals surface area contributed by atoms with Crippen LogP contribution in [0.25, 0.3) is 21.9 Å². The Morgan fingerprint density at radius 3 is 2.74 bits per heavy atom. The standard InChI is InChI=1S/C18H15ClN2O2/c1-10-4-3-5-14(19)15(10)11-6-7-13-12(8-11)9-21-17(20)16(13)18(22)23-2/h3-9H,1-2H3,(H2,20,21). The Hall–Kier alpha value is -2.59. The number of rotatable bonds is 2. The molecule has 5 heteroatoms. The zero-order valence-corrected chi connectivity index (χ0v) is 13.5. The van der Waals surface area contributed by atoms with E-state index in [0.29, 0.717) is 10.4 Å². The van der Waals surface area contributed by atoms with Crippen molar-refractivity contribution in [3.8, 4) is 11.1 Å². The van der Waals surface area contributed by atoms with Crippen molar-refractivity contribution in [2.75, 3.05) is 12.8 Å². The van der Waals surface area contributed by atoms with Crippen LogP contribution < -0.4 is 5.73 Å². The molecule has 23 heavy (non-hydrogen) atoms. The molecule has 4 nitrogen and oxygen atoms in total. The molecule has 0 aliphatic heterocycles. The summed E-state index contributed by atoms with van der Waals surface area (Å²) in [5.41, 5.74) is 9.12. The molecule has 0 amide bonds. The van der Waals surface area contributed by atoms with Gasteiger partial charge in [-0.2, -0.15) is 0 Å². The molecule has 116 valence electrons. The summed E-state index contributed by atoms with van der Waals surface area (Å²) in [5, 5.41) is 2.19. The topological polar surface area (TPSA) is 65.2 Å². The van der Waals surface area contributed by atoms with Crippen molar-refractivity contribution in [3.05, 3.63) is 58.7 Å². The summed E-state index contributed by atoms with van der Waals surface area (Å²) in [4.78, 5) is 16.0. The second kappa shape index (κ2) is 5.89. The van der Waals surface area contributed by atoms with Crippen molar-refractivity contribution in [1.29, 1.82) is 0 Å². The molecule has 0 saturated heterocycles. The van der Waals surface area contributed by atoms with Crippen molar-refractivity contribution < 1.29 is 9.53 Å². The van der Waals surface area contributed by atoms with Gasteiger partial charge in [-0.1, -0.05) is 35.9 Å². The van der Waals surface area contributed by atoms with Crippen LogP contribution in [0.3, 0.4) is 0 Å². The first-order valence-electron chi connectivity index (χ1n) is 7.05. The minimum Gasteiger partial charge on any atom is -0.465 e. The second-order valence-electron chi connectivity index (χ2n) is 5.24. The van der Waals surface area contributed by atoms with E-state index in [4.69, 9.17) is 22.1 Å². The molecule has 0 radical (unpaired) electrons. The lowest BCUT2D eigenvalue weighted by molar-refractivity contribution is 0.0604. The summed E-state index contributed by atoms with van der Waals surface area (Å²) in [7, 11) is 1.32. The highest BCUT2D eigenvalue weighted by Gasteiger charge is 2.16. The van der Waals surface area contributed by atoms with Crippen molar-refractivity contribution in [1.82, 2.24) is 4.98 Å². The van der Waals surface area contributed by atoms with Gasteiger partial charge in [0.2, 0.25) is 0 Å². The van der Waals surface area contributed by atoms with E-state index in [1.165, 1.54) is 7.11 Å². The number of nitrogens with zero attached hydrogens (tertiary/aromatic N) is 1. The first kappa shape index (κ1) is 15.3. The molecule has 1 aromatic heterocycles. The molecule has 3 rings (SSSR count). The van der Waals surface area contributed by atoms with Crippen LogP contribution in [-0.4, -0.2) is 18.1 Å². The van der Waals surface area contributed by atoms with Gasteiger partial charge in [0.05, 0.1) is 7.11 Å². The number of aromatic nitrogens is 1. The van der Waals surface area contributed by atoms with Gasteiger partial charge in [0.1, 0.15) is 11.4 Å². The van der Waals surface area contributed by atoms with Crippen LogP contribution in [0.2, 0.25) is 5.02 Å². The molecule has 2 N–H and O–H groups in total. The molecule has 0 saturated carbocycles. The van der Waals surface area contributed by atoms with E-state index < -0.39 is 5.97 Å². The van der Waals surface area contributed by atoms with Crippen molar-refractivity contribution in [2.24, 2.45) is 0 Å². The maximum Gasteiger partial charge on any atom is 0.342 e. The number of hydrogen-bond donors (Lipinski definition) is 1. The summed E-state index contributed by atoms with van der Waals surface area (Å²) in [6.07, 6.45) is 1.65. The minimum absolute atomic E-state index is 0.158. The smallest absolute Gasteiger partial charge is 0.342 e. The minimum atomic E-state index is -0.498. The molecule has 0 aliphatic rings. The highest BCUT2D eigenvalue weighted by molar-refractivity contribution is 6.33. The zero-order chi connectivity index (χ0) is 16.6. The van der Waals surface area contributed by atoms with Crippen LogP contribution in [0.4, 0.5) is 5.82 Å². The SMILES string of the molecule is COC(=O)c1c(N)ncc2cc(-c3c(C)cccc3Cl)ccc12. The van der Waals surface area contributed by atoms with Gasteiger partial charge in [0.15, 0.2) is 0 Å². The van der Waals surface area contributed by atoms with E-state index in [1.807, 2.05) is 43.3 Å². The van der Waals surface area contributed by atoms with Crippen LogP contribution in [-0.2, 0) is 4.74 Å². The average molecular weight is 327 g/mol. The third-order valence-electron chi connectivity index (χ3n) is 3.82. The summed E-state index contributed by atoms with van der Waals surface area (Å²) < 4.78 is 4.80. The summed E-state index contributed by atoms with van der Waals surface area (Å²) in [5.74, 6) is -0.340. The number of hydrogen-bond acceptors (Lipinski definition) is 4. The highest BCUT2D eigenvalue weighted by Crippen LogP contribution is 2.34. The third-order valence-corrected chi connectivity index (χ3v) is 4.13. The first-order valence-corrected chi connectivity index (χ1v) is 7.42. The van der Waals surface area contributed by atoms with Gasteiger partial charge >= 0.3 is 5.97 Å². The number of nitrogens with two attached hydrogens (primary N) is 1. The highest BCUT2D eigenvalue weighted by atomic mass is 35.5. The Morgan fingerprint density at radius 2 is 2.04 bits per heavy atom. The molecule has 0 bridgehead atoms. The number of fused-ring (bicyclic) bond motifs is 1. The van der Waals surface area contributed by atoms with E-state index in [-0.39, 0.29) is 11.4 Å². The average Bonchev–Trinajstić information content (AvgIpc) is 2.54. The van der Waals surface area contributed by atoms with Gasteiger partial charge in [-0.15, -0.1) is 0 Å². The number of carbonyl (C=O) groups excluding carboxylic acids is 1. The maximum absolute atomic E-state index is 11.9. The molecule has 3 aromatic rings. The maximum atomic E-state index is 11.9. The Balaban J connectivity index is 2.25. The fourth-order valence-corrected chi connectivity index (χ4v) is 3.04. The van der Waals surface area contributed by atoms with Crippen molar-refractivity contribution in [2.45, 2.75) is 6.92 Å². The van der Waals surface area contributed by atoms with Crippen LogP contribution in [0, 0.1) is 6.92 Å². The molecule has 0 spiro atoms. The summed E-state index contributed by atoms with van der Waals surface area (Å²) in [6.45, 7) is 2.01. The lowest BCUT2D eigenvalue weighted by Crippen LogP contribution is -2.08. The number of pyridine rings is 1. The Labute approximate surface area is 138 Å². The van der Waals surface area contributed by atoms with Gasteiger partial charge in [-0.25, -0.2) is 9.78 Å². The van der Waals surface area contributed by atoms with Crippen LogP contribution in [0.15, 0.2) is 42.6 Å². The van der Waals surface area contributed by atoms with E-state index in [9.17, 15) is 4.79 Å². The third kappa shape index (κ3) is 2.62. The number of benzene rings is 2. The fraction of sp³-hybridized carbons (Fsp3) is 0.111. The summed E-state index contributed by atoms with van der Waals surface area (Å²) in [6, 6.07) is 11.5. The second-order valence-corrected chi connectivity index (χ2v) is 5.65. The number of anilines is 1. The summed E-state index contributed by atoms with van der Waals surface area (Å²) >= 11 is 6.33. The predicted molar refractivity (Wildman–Crippen MR) is 92.7 cm³/mol. The largest absolute Gasteiger partial charge is 0.465 e. The van der Waals surface area contributed by atoms with Crippen molar-refractivity contribution in [3.63, 3.8) is 0 Å². The Kier molecular flexibility index (Phi) is 3.92. The number of nitrogen functional groups attached to an aromatic ring is 1. The van der Waals surface area contributed by atoms with Crippen LogP contribution >= 0.6 is 11.6 Å². The lowest BCUT2D eigenvalue weighted by atomic mass is 9.97. The van der Waals surface area contributed by atoms with E-state index in [1.54, 1.807) is 6.20 Å². The van der Waals surface area contributed by atoms with E-state index in [2.05, 4.69) is 4.98 Å². The number of carbonyl (C=O) groups is 1. The first-order chi connectivity index (χ1) is 11.0. The quantitative estimate of drug-likeness (QED) is 0.716. The van der Waals surface area contributed by atoms with Gasteiger partial charge in [-0.05, 0) is 30.2 Å². The lowest BCUT2D eigenvalue weighted by Gasteiger charge is -2.11. The number of ether oxygens (including phenoxy) is 1. The number of methoxy groups -OCH3 is 1. The van der Waals surface area contributed by atoms with Gasteiger partial charge in [-0.3, -0.25) is 0 Å². The monoisotopic (exact) mass is 326 g/mol. The Bertz CT molecular complexity index is 902. The number of esters is 1. The van der Waals surface area contributed by atoms with E-state index in [0.717, 1.165) is 22.1 Å². The molecular formula is C18H15ClN2O2. The molecule has 0 fully saturated rings. The van der Waals surface area contributed by atoms with E-state index >= 15 is 0 Å². The van der Waals surface area contributed by atoms with Crippen molar-refractivity contribution >= 4 is 34.2 Å². The van der Waals surface area contributed by atoms with Gasteiger partial charge in [0, 0.05) is 27.6 Å². The van der Waals surface area contributed by atoms with Gasteiger partial charge < -0.3 is 10.5 Å². The molecular weight excluding hydrogens is 312 g/mol. The van der Waals surface area contributed by atoms with Crippen LogP contribution in [0.1, 0.15) is 15.9 Å². The zero-order valence-electron chi connectivity index (χ0n) is 12.8. The fourth-order valence-electron chi connectivity index (χ4n) is 2.71. The number of aryl methyl sites for hydroxylation is 1. The number of halogens is 1. The predicted octanol–water partition coefficient (Wildman–Crippen LogP) is 4.23.